The van der Waals surface area contributed by atoms with E-state index in [0.717, 1.165) is 29.7 Å². The molecule has 36 heavy (non-hydrogen) atoms. The number of nitrogens with one attached hydrogen (secondary N) is 2. The standard InChI is InChI=1S/C26H35N5O5/c1-15-11-17(3-6-22(15)32)12-19(14-28-24(33)16(2)27)26(35)31-9-7-20(8-10-31)29-25(34)21-13-23(36-30-21)18-4-5-18/h3,6,11,13,16,18-20,32H,4-5,7-10,12,14,27H2,1-2H3,(H,28,33)(H,29,34). The zero-order valence-corrected chi connectivity index (χ0v) is 20.8. The molecule has 1 aliphatic carbocycles. The number of piperidine rings is 1. The van der Waals surface area contributed by atoms with Gasteiger partial charge < -0.3 is 30.9 Å². The summed E-state index contributed by atoms with van der Waals surface area (Å²) in [6, 6.07) is 6.25. The number of nitrogens with two attached hydrogens (primary N) is 1. The number of likely N-dealkylation sites (tertiary alicyclic amines) is 1. The fourth-order valence-corrected chi connectivity index (χ4v) is 4.48. The van der Waals surface area contributed by atoms with Gasteiger partial charge in [0.15, 0.2) is 5.69 Å². The van der Waals surface area contributed by atoms with Crippen LogP contribution in [0.1, 0.15) is 65.9 Å². The van der Waals surface area contributed by atoms with Crippen molar-refractivity contribution in [2.24, 2.45) is 11.7 Å². The van der Waals surface area contributed by atoms with Gasteiger partial charge in [-0.3, -0.25) is 14.4 Å². The SMILES string of the molecule is Cc1cc(CC(CNC(=O)C(C)N)C(=O)N2CCC(NC(=O)c3cc(C4CC4)on3)CC2)ccc1O. The molecular weight excluding hydrogens is 462 g/mol. The maximum atomic E-state index is 13.4. The summed E-state index contributed by atoms with van der Waals surface area (Å²) in [7, 11) is 0. The Morgan fingerprint density at radius 1 is 1.19 bits per heavy atom. The number of benzene rings is 1. The average molecular weight is 498 g/mol. The fourth-order valence-electron chi connectivity index (χ4n) is 4.48. The smallest absolute Gasteiger partial charge is 0.273 e. The second-order valence-corrected chi connectivity index (χ2v) is 10.0. The number of aryl methyl sites for hydroxylation is 1. The fraction of sp³-hybridized carbons (Fsp3) is 0.538. The summed E-state index contributed by atoms with van der Waals surface area (Å²) in [5, 5.41) is 19.5. The molecule has 5 N–H and O–H groups in total. The monoisotopic (exact) mass is 497 g/mol. The van der Waals surface area contributed by atoms with Gasteiger partial charge in [0.05, 0.1) is 12.0 Å². The highest BCUT2D eigenvalue weighted by atomic mass is 16.5. The van der Waals surface area contributed by atoms with Crippen molar-refractivity contribution in [2.75, 3.05) is 19.6 Å². The molecule has 10 heteroatoms. The summed E-state index contributed by atoms with van der Waals surface area (Å²) in [4.78, 5) is 39.9. The minimum absolute atomic E-state index is 0.0546. The van der Waals surface area contributed by atoms with E-state index < -0.39 is 12.0 Å². The minimum Gasteiger partial charge on any atom is -0.508 e. The molecular formula is C26H35N5O5. The summed E-state index contributed by atoms with van der Waals surface area (Å²) in [6.07, 6.45) is 3.82. The van der Waals surface area contributed by atoms with Crippen LogP contribution < -0.4 is 16.4 Å². The maximum absolute atomic E-state index is 13.4. The zero-order chi connectivity index (χ0) is 25.8. The first-order valence-corrected chi connectivity index (χ1v) is 12.6. The number of nitrogens with zero attached hydrogens (tertiary/aromatic N) is 2. The van der Waals surface area contributed by atoms with Crippen LogP contribution in [0, 0.1) is 12.8 Å². The molecule has 1 saturated heterocycles. The number of aromatic hydroxyl groups is 1. The Bertz CT molecular complexity index is 1100. The normalized spacial score (nSPS) is 17.9. The summed E-state index contributed by atoms with van der Waals surface area (Å²) in [5.41, 5.74) is 7.59. The number of carbonyl (C=O) groups is 3. The quantitative estimate of drug-likeness (QED) is 0.411. The minimum atomic E-state index is -0.666. The van der Waals surface area contributed by atoms with Gasteiger partial charge in [-0.25, -0.2) is 0 Å². The number of hydrogen-bond donors (Lipinski definition) is 4. The van der Waals surface area contributed by atoms with Crippen LogP contribution in [0.25, 0.3) is 0 Å². The Kier molecular flexibility index (Phi) is 7.93. The molecule has 2 heterocycles. The number of phenols is 1. The van der Waals surface area contributed by atoms with Gasteiger partial charge in [-0.05, 0) is 63.1 Å². The molecule has 1 aliphatic heterocycles. The van der Waals surface area contributed by atoms with Crippen LogP contribution in [0.4, 0.5) is 0 Å². The molecule has 1 saturated carbocycles. The molecule has 10 nitrogen and oxygen atoms in total. The van der Waals surface area contributed by atoms with Crippen LogP contribution in [0.15, 0.2) is 28.8 Å². The molecule has 2 aromatic rings. The third-order valence-corrected chi connectivity index (χ3v) is 6.91. The molecule has 194 valence electrons. The number of aromatic nitrogens is 1. The Balaban J connectivity index is 1.34. The van der Waals surface area contributed by atoms with Crippen LogP contribution in [0.2, 0.25) is 0 Å². The molecule has 2 aliphatic rings. The summed E-state index contributed by atoms with van der Waals surface area (Å²) >= 11 is 0. The number of hydrogen-bond acceptors (Lipinski definition) is 7. The highest BCUT2D eigenvalue weighted by molar-refractivity contribution is 5.92. The highest BCUT2D eigenvalue weighted by Crippen LogP contribution is 2.40. The number of rotatable bonds is 9. The molecule has 3 amide bonds. The first kappa shape index (κ1) is 25.7. The van der Waals surface area contributed by atoms with Crippen molar-refractivity contribution in [2.45, 2.75) is 64.0 Å². The van der Waals surface area contributed by atoms with Crippen LogP contribution >= 0.6 is 0 Å². The summed E-state index contributed by atoms with van der Waals surface area (Å²) in [6.45, 7) is 4.58. The van der Waals surface area contributed by atoms with Crippen LogP contribution in [-0.4, -0.2) is 64.6 Å². The van der Waals surface area contributed by atoms with E-state index in [9.17, 15) is 19.5 Å². The first-order chi connectivity index (χ1) is 17.2. The topological polar surface area (TPSA) is 151 Å². The van der Waals surface area contributed by atoms with Crippen LogP contribution in [-0.2, 0) is 16.0 Å². The Hall–Kier alpha value is -3.40. The predicted octanol–water partition coefficient (Wildman–Crippen LogP) is 1.61. The molecule has 2 fully saturated rings. The van der Waals surface area contributed by atoms with E-state index in [4.69, 9.17) is 10.3 Å². The van der Waals surface area contributed by atoms with Crippen LogP contribution in [0.3, 0.4) is 0 Å². The summed E-state index contributed by atoms with van der Waals surface area (Å²) < 4.78 is 5.28. The van der Waals surface area contributed by atoms with Crippen molar-refractivity contribution in [1.29, 1.82) is 0 Å². The molecule has 0 spiro atoms. The second-order valence-electron chi connectivity index (χ2n) is 10.0. The number of phenolic OH excluding ortho intramolecular Hbond substituents is 1. The van der Waals surface area contributed by atoms with Crippen molar-refractivity contribution in [1.82, 2.24) is 20.7 Å². The van der Waals surface area contributed by atoms with E-state index in [1.54, 1.807) is 36.9 Å². The molecule has 2 unspecified atom stereocenters. The predicted molar refractivity (Wildman–Crippen MR) is 132 cm³/mol. The zero-order valence-electron chi connectivity index (χ0n) is 20.8. The van der Waals surface area contributed by atoms with Gasteiger partial charge in [-0.1, -0.05) is 17.3 Å². The Morgan fingerprint density at radius 2 is 1.92 bits per heavy atom. The molecule has 2 atom stereocenters. The third kappa shape index (κ3) is 6.42. The van der Waals surface area contributed by atoms with E-state index in [2.05, 4.69) is 15.8 Å². The van der Waals surface area contributed by atoms with Crippen molar-refractivity contribution >= 4 is 17.7 Å². The average Bonchev–Trinajstić information content (AvgIpc) is 3.59. The van der Waals surface area contributed by atoms with Crippen molar-refractivity contribution < 1.29 is 24.0 Å². The lowest BCUT2D eigenvalue weighted by Crippen LogP contribution is -2.50. The lowest BCUT2D eigenvalue weighted by atomic mass is 9.94. The van der Waals surface area contributed by atoms with E-state index in [1.807, 2.05) is 6.07 Å². The first-order valence-electron chi connectivity index (χ1n) is 12.6. The van der Waals surface area contributed by atoms with E-state index >= 15 is 0 Å². The van der Waals surface area contributed by atoms with E-state index in [1.165, 1.54) is 0 Å². The van der Waals surface area contributed by atoms with Crippen molar-refractivity contribution in [3.8, 4) is 5.75 Å². The lowest BCUT2D eigenvalue weighted by molar-refractivity contribution is -0.136. The van der Waals surface area contributed by atoms with Crippen LogP contribution in [0.5, 0.6) is 5.75 Å². The van der Waals surface area contributed by atoms with Gasteiger partial charge in [-0.2, -0.15) is 0 Å². The van der Waals surface area contributed by atoms with Crippen molar-refractivity contribution in [3.63, 3.8) is 0 Å². The van der Waals surface area contributed by atoms with Gasteiger partial charge in [-0.15, -0.1) is 0 Å². The molecule has 0 bridgehead atoms. The van der Waals surface area contributed by atoms with E-state index in [-0.39, 0.29) is 36.1 Å². The van der Waals surface area contributed by atoms with Gasteiger partial charge in [0, 0.05) is 37.7 Å². The van der Waals surface area contributed by atoms with Gasteiger partial charge in [0.2, 0.25) is 11.8 Å². The summed E-state index contributed by atoms with van der Waals surface area (Å²) in [5.74, 6) is 0.268. The molecule has 0 radical (unpaired) electrons. The third-order valence-electron chi connectivity index (χ3n) is 6.91. The highest BCUT2D eigenvalue weighted by Gasteiger charge is 2.31. The Morgan fingerprint density at radius 3 is 2.56 bits per heavy atom. The number of amides is 3. The number of carbonyl (C=O) groups excluding carboxylic acids is 3. The van der Waals surface area contributed by atoms with Gasteiger partial charge >= 0.3 is 0 Å². The Labute approximate surface area is 210 Å². The largest absolute Gasteiger partial charge is 0.508 e. The maximum Gasteiger partial charge on any atom is 0.273 e. The van der Waals surface area contributed by atoms with Crippen molar-refractivity contribution in [3.05, 3.63) is 46.8 Å². The molecule has 1 aromatic heterocycles. The second kappa shape index (κ2) is 11.1. The van der Waals surface area contributed by atoms with Gasteiger partial charge in [0.1, 0.15) is 11.5 Å². The lowest BCUT2D eigenvalue weighted by Gasteiger charge is -2.34. The molecule has 1 aromatic carbocycles. The molecule has 4 rings (SSSR count). The van der Waals surface area contributed by atoms with E-state index in [0.29, 0.717) is 44.0 Å². The van der Waals surface area contributed by atoms with Gasteiger partial charge in [0.25, 0.3) is 5.91 Å².